The Kier molecular flexibility index (Phi) is 6.56. The molecule has 0 radical (unpaired) electrons. The molecule has 0 aliphatic rings. The fourth-order valence-electron chi connectivity index (χ4n) is 2.33. The third kappa shape index (κ3) is 6.29. The number of carbonyl (C=O) groups is 2. The van der Waals surface area contributed by atoms with Crippen molar-refractivity contribution in [1.29, 1.82) is 0 Å². The van der Waals surface area contributed by atoms with Gasteiger partial charge in [0.15, 0.2) is 5.82 Å². The Labute approximate surface area is 147 Å². The van der Waals surface area contributed by atoms with Crippen LogP contribution in [0.1, 0.15) is 25.2 Å². The molecule has 0 aliphatic heterocycles. The fraction of sp³-hybridized carbons (Fsp3) is 0.389. The van der Waals surface area contributed by atoms with Crippen molar-refractivity contribution in [3.8, 4) is 0 Å². The van der Waals surface area contributed by atoms with Crippen molar-refractivity contribution >= 4 is 17.8 Å². The Morgan fingerprint density at radius 2 is 1.96 bits per heavy atom. The summed E-state index contributed by atoms with van der Waals surface area (Å²) >= 11 is 0. The third-order valence-corrected chi connectivity index (χ3v) is 3.39. The molecule has 0 bridgehead atoms. The van der Waals surface area contributed by atoms with Crippen molar-refractivity contribution in [2.45, 2.75) is 27.3 Å². The molecule has 2 rings (SSSR count). The van der Waals surface area contributed by atoms with Crippen molar-refractivity contribution < 1.29 is 14.1 Å². The summed E-state index contributed by atoms with van der Waals surface area (Å²) in [6.45, 7) is 6.58. The Bertz CT molecular complexity index is 697. The van der Waals surface area contributed by atoms with Crippen molar-refractivity contribution in [2.24, 2.45) is 5.92 Å². The highest BCUT2D eigenvalue weighted by molar-refractivity contribution is 5.93. The van der Waals surface area contributed by atoms with Gasteiger partial charge in [-0.3, -0.25) is 4.79 Å². The smallest absolute Gasteiger partial charge is 0.318 e. The minimum atomic E-state index is -0.316. The quantitative estimate of drug-likeness (QED) is 0.808. The molecular formula is C18H24N4O3. The number of benzene rings is 1. The number of aryl methyl sites for hydroxylation is 1. The molecule has 1 aromatic heterocycles. The van der Waals surface area contributed by atoms with Crippen LogP contribution in [-0.2, 0) is 11.3 Å². The fourth-order valence-corrected chi connectivity index (χ4v) is 2.33. The second kappa shape index (κ2) is 8.86. The summed E-state index contributed by atoms with van der Waals surface area (Å²) in [6.07, 6.45) is 0. The van der Waals surface area contributed by atoms with Crippen LogP contribution < -0.4 is 10.6 Å². The summed E-state index contributed by atoms with van der Waals surface area (Å²) < 4.78 is 4.91. The average Bonchev–Trinajstić information content (AvgIpc) is 2.97. The molecule has 7 nitrogen and oxygen atoms in total. The summed E-state index contributed by atoms with van der Waals surface area (Å²) in [5.41, 5.74) is 1.00. The van der Waals surface area contributed by atoms with Gasteiger partial charge in [-0.15, -0.1) is 0 Å². The topological polar surface area (TPSA) is 87.5 Å². The first-order valence-electron chi connectivity index (χ1n) is 8.24. The highest BCUT2D eigenvalue weighted by Crippen LogP contribution is 2.08. The first kappa shape index (κ1) is 18.5. The van der Waals surface area contributed by atoms with E-state index in [2.05, 4.69) is 15.8 Å². The van der Waals surface area contributed by atoms with Gasteiger partial charge >= 0.3 is 6.03 Å². The number of anilines is 1. The zero-order valence-electron chi connectivity index (χ0n) is 14.8. The van der Waals surface area contributed by atoms with E-state index in [1.165, 1.54) is 4.90 Å². The number of carbonyl (C=O) groups excluding carboxylic acids is 2. The zero-order chi connectivity index (χ0) is 18.2. The molecule has 25 heavy (non-hydrogen) atoms. The van der Waals surface area contributed by atoms with Gasteiger partial charge in [0.25, 0.3) is 0 Å². The van der Waals surface area contributed by atoms with E-state index in [0.29, 0.717) is 24.7 Å². The molecule has 0 spiro atoms. The predicted octanol–water partition coefficient (Wildman–Crippen LogP) is 2.79. The third-order valence-electron chi connectivity index (χ3n) is 3.39. The van der Waals surface area contributed by atoms with Crippen LogP contribution in [0.5, 0.6) is 0 Å². The number of amides is 3. The van der Waals surface area contributed by atoms with Crippen molar-refractivity contribution in [3.63, 3.8) is 0 Å². The zero-order valence-corrected chi connectivity index (χ0v) is 14.8. The second-order valence-corrected chi connectivity index (χ2v) is 6.29. The summed E-state index contributed by atoms with van der Waals surface area (Å²) in [5.74, 6) is 0.875. The Balaban J connectivity index is 1.92. The number of aromatic nitrogens is 1. The van der Waals surface area contributed by atoms with Gasteiger partial charge in [-0.05, 0) is 18.4 Å². The normalized spacial score (nSPS) is 10.6. The Hall–Kier alpha value is -2.83. The number of nitrogens with one attached hydrogen (secondary N) is 2. The molecule has 0 aliphatic carbocycles. The highest BCUT2D eigenvalue weighted by atomic mass is 16.5. The monoisotopic (exact) mass is 344 g/mol. The highest BCUT2D eigenvalue weighted by Gasteiger charge is 2.19. The maximum atomic E-state index is 12.4. The van der Waals surface area contributed by atoms with Gasteiger partial charge in [0.05, 0.1) is 0 Å². The number of rotatable bonds is 7. The lowest BCUT2D eigenvalue weighted by molar-refractivity contribution is -0.116. The summed E-state index contributed by atoms with van der Waals surface area (Å²) in [5, 5.41) is 9.20. The molecule has 2 N–H and O–H groups in total. The Morgan fingerprint density at radius 3 is 2.56 bits per heavy atom. The first-order chi connectivity index (χ1) is 11.9. The molecule has 1 heterocycles. The van der Waals surface area contributed by atoms with E-state index in [4.69, 9.17) is 4.52 Å². The molecule has 2 aromatic rings. The SMILES string of the molecule is Cc1cc(NC(=O)CN(CC(C)C)C(=O)NCc2ccccc2)no1. The second-order valence-electron chi connectivity index (χ2n) is 6.29. The van der Waals surface area contributed by atoms with Crippen LogP contribution in [0, 0.1) is 12.8 Å². The van der Waals surface area contributed by atoms with E-state index >= 15 is 0 Å². The maximum absolute atomic E-state index is 12.4. The van der Waals surface area contributed by atoms with Crippen LogP contribution >= 0.6 is 0 Å². The van der Waals surface area contributed by atoms with Crippen LogP contribution in [0.4, 0.5) is 10.6 Å². The molecule has 7 heteroatoms. The molecule has 0 fully saturated rings. The summed E-state index contributed by atoms with van der Waals surface area (Å²) in [4.78, 5) is 26.1. The van der Waals surface area contributed by atoms with Gasteiger partial charge in [0, 0.05) is 19.2 Å². The number of nitrogens with zero attached hydrogens (tertiary/aromatic N) is 2. The van der Waals surface area contributed by atoms with Crippen LogP contribution in [0.15, 0.2) is 40.9 Å². The number of hydrogen-bond acceptors (Lipinski definition) is 4. The van der Waals surface area contributed by atoms with E-state index in [1.807, 2.05) is 44.2 Å². The van der Waals surface area contributed by atoms with Gasteiger partial charge in [0.2, 0.25) is 5.91 Å². The summed E-state index contributed by atoms with van der Waals surface area (Å²) in [7, 11) is 0. The molecule has 3 amide bonds. The van der Waals surface area contributed by atoms with Gasteiger partial charge in [0.1, 0.15) is 12.3 Å². The van der Waals surface area contributed by atoms with E-state index in [-0.39, 0.29) is 24.4 Å². The Morgan fingerprint density at radius 1 is 1.24 bits per heavy atom. The van der Waals surface area contributed by atoms with Crippen molar-refractivity contribution in [3.05, 3.63) is 47.7 Å². The summed E-state index contributed by atoms with van der Waals surface area (Å²) in [6, 6.07) is 11.0. The lowest BCUT2D eigenvalue weighted by Crippen LogP contribution is -2.45. The van der Waals surface area contributed by atoms with Gasteiger partial charge in [-0.25, -0.2) is 4.79 Å². The molecule has 134 valence electrons. The molecular weight excluding hydrogens is 320 g/mol. The van der Waals surface area contributed by atoms with Crippen molar-refractivity contribution in [1.82, 2.24) is 15.4 Å². The minimum absolute atomic E-state index is 0.0509. The molecule has 1 aromatic carbocycles. The van der Waals surface area contributed by atoms with E-state index in [0.717, 1.165) is 5.56 Å². The molecule has 0 saturated carbocycles. The van der Waals surface area contributed by atoms with Crippen LogP contribution in [0.25, 0.3) is 0 Å². The lowest BCUT2D eigenvalue weighted by Gasteiger charge is -2.24. The first-order valence-corrected chi connectivity index (χ1v) is 8.24. The van der Waals surface area contributed by atoms with Gasteiger partial charge in [-0.1, -0.05) is 49.3 Å². The largest absolute Gasteiger partial charge is 0.360 e. The standard InChI is InChI=1S/C18H24N4O3/c1-13(2)11-22(12-17(23)20-16-9-14(3)25-21-16)18(24)19-10-15-7-5-4-6-8-15/h4-9,13H,10-12H2,1-3H3,(H,19,24)(H,20,21,23). The van der Waals surface area contributed by atoms with E-state index < -0.39 is 0 Å². The maximum Gasteiger partial charge on any atom is 0.318 e. The number of urea groups is 1. The van der Waals surface area contributed by atoms with Crippen molar-refractivity contribution in [2.75, 3.05) is 18.4 Å². The average molecular weight is 344 g/mol. The molecule has 0 unspecified atom stereocenters. The minimum Gasteiger partial charge on any atom is -0.360 e. The van der Waals surface area contributed by atoms with E-state index in [9.17, 15) is 9.59 Å². The predicted molar refractivity (Wildman–Crippen MR) is 95.0 cm³/mol. The van der Waals surface area contributed by atoms with Gasteiger partial charge in [-0.2, -0.15) is 0 Å². The van der Waals surface area contributed by atoms with E-state index in [1.54, 1.807) is 13.0 Å². The van der Waals surface area contributed by atoms with Crippen LogP contribution in [-0.4, -0.2) is 35.1 Å². The molecule has 0 atom stereocenters. The van der Waals surface area contributed by atoms with Gasteiger partial charge < -0.3 is 20.1 Å². The van der Waals surface area contributed by atoms with Crippen LogP contribution in [0.2, 0.25) is 0 Å². The lowest BCUT2D eigenvalue weighted by atomic mass is 10.2. The van der Waals surface area contributed by atoms with Crippen LogP contribution in [0.3, 0.4) is 0 Å². The molecule has 0 saturated heterocycles. The number of hydrogen-bond donors (Lipinski definition) is 2.